The van der Waals surface area contributed by atoms with Gasteiger partial charge in [0.25, 0.3) is 11.8 Å². The molecule has 0 radical (unpaired) electrons. The summed E-state index contributed by atoms with van der Waals surface area (Å²) in [5.41, 5.74) is -0.445. The number of hydrogen-bond acceptors (Lipinski definition) is 6. The van der Waals surface area contributed by atoms with Gasteiger partial charge in [-0.3, -0.25) is 19.3 Å². The zero-order valence-electron chi connectivity index (χ0n) is 15.5. The largest absolute Gasteiger partial charge is 0.494 e. The Balaban J connectivity index is 1.73. The second-order valence-corrected chi connectivity index (χ2v) is 6.43. The average molecular weight is 377 g/mol. The number of amides is 4. The van der Waals surface area contributed by atoms with Crippen LogP contribution in [0, 0.1) is 0 Å². The Morgan fingerprint density at radius 1 is 1.19 bits per heavy atom. The number of benzene rings is 1. The molecule has 9 heteroatoms. The van der Waals surface area contributed by atoms with Crippen LogP contribution in [0.4, 0.5) is 10.5 Å². The molecule has 27 heavy (non-hydrogen) atoms. The van der Waals surface area contributed by atoms with E-state index in [1.54, 1.807) is 38.1 Å². The molecule has 0 spiro atoms. The number of hydrogen-bond donors (Lipinski definition) is 2. The zero-order valence-corrected chi connectivity index (χ0v) is 15.5. The Labute approximate surface area is 157 Å². The number of carbonyl (C=O) groups is 4. The maximum atomic E-state index is 12.0. The summed E-state index contributed by atoms with van der Waals surface area (Å²) < 4.78 is 10.2. The predicted molar refractivity (Wildman–Crippen MR) is 96.1 cm³/mol. The second-order valence-electron chi connectivity index (χ2n) is 6.43. The molecule has 0 bridgehead atoms. The fourth-order valence-corrected chi connectivity index (χ4v) is 2.44. The Morgan fingerprint density at radius 2 is 1.85 bits per heavy atom. The first-order valence-electron chi connectivity index (χ1n) is 8.55. The third-order valence-corrected chi connectivity index (χ3v) is 3.80. The summed E-state index contributed by atoms with van der Waals surface area (Å²) in [5.74, 6) is -0.898. The molecule has 146 valence electrons. The lowest BCUT2D eigenvalue weighted by Gasteiger charge is -2.15. The van der Waals surface area contributed by atoms with Crippen molar-refractivity contribution in [2.45, 2.75) is 32.7 Å². The minimum absolute atomic E-state index is 0.104. The van der Waals surface area contributed by atoms with Gasteiger partial charge in [0, 0.05) is 12.2 Å². The molecule has 0 aromatic heterocycles. The molecule has 9 nitrogen and oxygen atoms in total. The number of imide groups is 1. The summed E-state index contributed by atoms with van der Waals surface area (Å²) in [5, 5.41) is 5.11. The van der Waals surface area contributed by atoms with E-state index in [4.69, 9.17) is 9.47 Å². The van der Waals surface area contributed by atoms with Crippen LogP contribution in [-0.2, 0) is 19.1 Å². The van der Waals surface area contributed by atoms with Crippen LogP contribution in [0.3, 0.4) is 0 Å². The van der Waals surface area contributed by atoms with Crippen LogP contribution >= 0.6 is 0 Å². The molecule has 1 saturated heterocycles. The Hall–Kier alpha value is -3.10. The molecule has 0 atom stereocenters. The molecule has 1 heterocycles. The van der Waals surface area contributed by atoms with Gasteiger partial charge in [-0.2, -0.15) is 0 Å². The first kappa shape index (κ1) is 20.2. The summed E-state index contributed by atoms with van der Waals surface area (Å²) in [4.78, 5) is 48.3. The molecule has 1 fully saturated rings. The Kier molecular flexibility index (Phi) is 6.38. The summed E-state index contributed by atoms with van der Waals surface area (Å²) in [6.07, 6.45) is -0.189. The van der Waals surface area contributed by atoms with Crippen LogP contribution in [0.1, 0.15) is 27.2 Å². The number of urea groups is 1. The lowest BCUT2D eigenvalue weighted by Crippen LogP contribution is -2.40. The van der Waals surface area contributed by atoms with Crippen LogP contribution in [-0.4, -0.2) is 54.0 Å². The van der Waals surface area contributed by atoms with E-state index in [0.717, 1.165) is 4.90 Å². The molecular formula is C18H23N3O6. The summed E-state index contributed by atoms with van der Waals surface area (Å²) in [6.45, 7) is 5.01. The third kappa shape index (κ3) is 5.44. The van der Waals surface area contributed by atoms with Crippen LogP contribution in [0.2, 0.25) is 0 Å². The molecule has 2 N–H and O–H groups in total. The summed E-state index contributed by atoms with van der Waals surface area (Å²) in [7, 11) is 0. The molecule has 1 aromatic carbocycles. The van der Waals surface area contributed by atoms with E-state index in [1.165, 1.54) is 0 Å². The van der Waals surface area contributed by atoms with Crippen molar-refractivity contribution in [2.24, 2.45) is 0 Å². The fraction of sp³-hybridized carbons (Fsp3) is 0.444. The van der Waals surface area contributed by atoms with Gasteiger partial charge < -0.3 is 20.1 Å². The number of carbonyl (C=O) groups excluding carboxylic acids is 4. The molecule has 1 aliphatic rings. The van der Waals surface area contributed by atoms with Crippen LogP contribution in [0.25, 0.3) is 0 Å². The summed E-state index contributed by atoms with van der Waals surface area (Å²) >= 11 is 0. The lowest BCUT2D eigenvalue weighted by molar-refractivity contribution is -0.147. The number of esters is 1. The van der Waals surface area contributed by atoms with Gasteiger partial charge in [0.05, 0.1) is 13.0 Å². The van der Waals surface area contributed by atoms with Crippen LogP contribution in [0.5, 0.6) is 5.75 Å². The highest BCUT2D eigenvalue weighted by molar-refractivity contribution is 6.06. The minimum atomic E-state index is -0.988. The van der Waals surface area contributed by atoms with Gasteiger partial charge >= 0.3 is 12.0 Å². The van der Waals surface area contributed by atoms with Gasteiger partial charge in [0.1, 0.15) is 11.3 Å². The topological polar surface area (TPSA) is 114 Å². The number of rotatable bonds is 8. The quantitative estimate of drug-likeness (QED) is 0.521. The molecule has 1 aliphatic heterocycles. The molecule has 2 rings (SSSR count). The van der Waals surface area contributed by atoms with E-state index >= 15 is 0 Å². The van der Waals surface area contributed by atoms with Gasteiger partial charge in [0.15, 0.2) is 6.61 Å². The van der Waals surface area contributed by atoms with Gasteiger partial charge in [0.2, 0.25) is 0 Å². The molecule has 4 amide bonds. The van der Waals surface area contributed by atoms with Crippen LogP contribution < -0.4 is 15.4 Å². The Morgan fingerprint density at radius 3 is 2.41 bits per heavy atom. The first-order valence-corrected chi connectivity index (χ1v) is 8.55. The van der Waals surface area contributed by atoms with E-state index in [1.807, 2.05) is 6.92 Å². The van der Waals surface area contributed by atoms with Crippen molar-refractivity contribution in [1.29, 1.82) is 0 Å². The first-order chi connectivity index (χ1) is 12.7. The smallest absolute Gasteiger partial charge is 0.325 e. The van der Waals surface area contributed by atoms with E-state index in [0.29, 0.717) is 18.0 Å². The van der Waals surface area contributed by atoms with Gasteiger partial charge in [-0.25, -0.2) is 4.79 Å². The average Bonchev–Trinajstić information content (AvgIpc) is 2.80. The SMILES string of the molecule is CCOc1ccc(NC(=O)COC(=O)CCN2C(=O)NC(C)(C)C2=O)cc1. The molecule has 1 aromatic rings. The maximum absolute atomic E-state index is 12.0. The maximum Gasteiger partial charge on any atom is 0.325 e. The van der Waals surface area contributed by atoms with Crippen LogP contribution in [0.15, 0.2) is 24.3 Å². The normalized spacial score (nSPS) is 15.3. The summed E-state index contributed by atoms with van der Waals surface area (Å²) in [6, 6.07) is 6.22. The number of anilines is 1. The van der Waals surface area contributed by atoms with Gasteiger partial charge in [-0.05, 0) is 45.0 Å². The van der Waals surface area contributed by atoms with E-state index in [-0.39, 0.29) is 13.0 Å². The molecular weight excluding hydrogens is 354 g/mol. The molecule has 0 unspecified atom stereocenters. The predicted octanol–water partition coefficient (Wildman–Crippen LogP) is 1.29. The Bertz CT molecular complexity index is 729. The monoisotopic (exact) mass is 377 g/mol. The highest BCUT2D eigenvalue weighted by Gasteiger charge is 2.44. The number of ether oxygens (including phenoxy) is 2. The molecule has 0 saturated carbocycles. The van der Waals surface area contributed by atoms with E-state index in [2.05, 4.69) is 10.6 Å². The fourth-order valence-electron chi connectivity index (χ4n) is 2.44. The molecule has 0 aliphatic carbocycles. The van der Waals surface area contributed by atoms with Crippen molar-refractivity contribution >= 4 is 29.5 Å². The van der Waals surface area contributed by atoms with Crippen molar-refractivity contribution in [3.63, 3.8) is 0 Å². The van der Waals surface area contributed by atoms with Crippen molar-refractivity contribution in [3.05, 3.63) is 24.3 Å². The van der Waals surface area contributed by atoms with E-state index in [9.17, 15) is 19.2 Å². The van der Waals surface area contributed by atoms with Crippen molar-refractivity contribution in [3.8, 4) is 5.75 Å². The van der Waals surface area contributed by atoms with Crippen molar-refractivity contribution < 1.29 is 28.7 Å². The highest BCUT2D eigenvalue weighted by Crippen LogP contribution is 2.17. The van der Waals surface area contributed by atoms with Gasteiger partial charge in [-0.1, -0.05) is 0 Å². The minimum Gasteiger partial charge on any atom is -0.494 e. The third-order valence-electron chi connectivity index (χ3n) is 3.80. The lowest BCUT2D eigenvalue weighted by atomic mass is 10.1. The van der Waals surface area contributed by atoms with E-state index < -0.39 is 36.0 Å². The second kappa shape index (κ2) is 8.52. The standard InChI is InChI=1S/C18H23N3O6/c1-4-26-13-7-5-12(6-8-13)19-14(22)11-27-15(23)9-10-21-16(24)18(2,3)20-17(21)25/h5-8H,4,9-11H2,1-3H3,(H,19,22)(H,20,25). The van der Waals surface area contributed by atoms with Crippen molar-refractivity contribution in [1.82, 2.24) is 10.2 Å². The zero-order chi connectivity index (χ0) is 20.0. The number of nitrogens with one attached hydrogen (secondary N) is 2. The van der Waals surface area contributed by atoms with Crippen molar-refractivity contribution in [2.75, 3.05) is 25.1 Å². The van der Waals surface area contributed by atoms with Gasteiger partial charge in [-0.15, -0.1) is 0 Å². The number of nitrogens with zero attached hydrogens (tertiary/aromatic N) is 1. The highest BCUT2D eigenvalue weighted by atomic mass is 16.5.